The molecule has 0 saturated heterocycles. The number of hydrogen-bond acceptors (Lipinski definition) is 3. The van der Waals surface area contributed by atoms with E-state index in [1.54, 1.807) is 12.4 Å². The molecule has 2 aliphatic carbocycles. The van der Waals surface area contributed by atoms with Crippen LogP contribution in [0.15, 0.2) is 47.8 Å². The molecule has 0 aromatic carbocycles. The molecule has 29 heavy (non-hydrogen) atoms. The normalized spacial score (nSPS) is 18.6. The van der Waals surface area contributed by atoms with Crippen LogP contribution in [0.4, 0.5) is 8.78 Å². The number of rotatable bonds is 8. The zero-order chi connectivity index (χ0) is 21.4. The highest BCUT2D eigenvalue weighted by Crippen LogP contribution is 2.36. The quantitative estimate of drug-likeness (QED) is 0.344. The second-order valence-corrected chi connectivity index (χ2v) is 7.78. The van der Waals surface area contributed by atoms with Crippen molar-refractivity contribution < 1.29 is 18.4 Å². The van der Waals surface area contributed by atoms with Crippen LogP contribution in [-0.2, 0) is 4.79 Å². The first-order valence-electron chi connectivity index (χ1n) is 9.68. The number of aromatic amines is 1. The van der Waals surface area contributed by atoms with Gasteiger partial charge in [0.05, 0.1) is 22.8 Å². The van der Waals surface area contributed by atoms with Crippen LogP contribution >= 0.6 is 11.6 Å². The molecular formula is C21H26ClF2N3O2. The van der Waals surface area contributed by atoms with Crippen molar-refractivity contribution in [3.05, 3.63) is 53.4 Å². The van der Waals surface area contributed by atoms with Crippen LogP contribution in [0.1, 0.15) is 55.3 Å². The molecule has 0 radical (unpaired) electrons. The van der Waals surface area contributed by atoms with Gasteiger partial charge in [0.1, 0.15) is 11.7 Å². The van der Waals surface area contributed by atoms with Gasteiger partial charge >= 0.3 is 0 Å². The number of allylic oxidation sites excluding steroid dienone is 2. The van der Waals surface area contributed by atoms with Gasteiger partial charge in [-0.05, 0) is 31.6 Å². The van der Waals surface area contributed by atoms with Gasteiger partial charge in [0, 0.05) is 17.7 Å². The zero-order valence-corrected chi connectivity index (χ0v) is 17.0. The average molecular weight is 426 g/mol. The fraction of sp³-hybridized carbons (Fsp3) is 0.476. The number of aromatic nitrogens is 2. The van der Waals surface area contributed by atoms with E-state index in [1.165, 1.54) is 6.42 Å². The number of hydrogen-bond donors (Lipinski definition) is 2. The zero-order valence-electron chi connectivity index (χ0n) is 16.2. The summed E-state index contributed by atoms with van der Waals surface area (Å²) in [4.78, 5) is 22.1. The summed E-state index contributed by atoms with van der Waals surface area (Å²) in [6, 6.07) is -0.738. The Hall–Kier alpha value is -2.28. The van der Waals surface area contributed by atoms with Crippen LogP contribution in [0, 0.1) is 11.8 Å². The van der Waals surface area contributed by atoms with Gasteiger partial charge < -0.3 is 5.32 Å². The molecule has 1 heterocycles. The minimum absolute atomic E-state index is 0.000494. The average Bonchev–Trinajstić information content (AvgIpc) is 3.33. The van der Waals surface area contributed by atoms with E-state index in [4.69, 9.17) is 11.6 Å². The maximum atomic E-state index is 13.9. The number of carbonyl (C=O) groups excluding carboxylic acids is 2. The van der Waals surface area contributed by atoms with Crippen LogP contribution in [0.25, 0.3) is 0 Å². The van der Waals surface area contributed by atoms with E-state index in [1.807, 2.05) is 0 Å². The number of nitrogens with one attached hydrogen (secondary N) is 2. The molecule has 2 N–H and O–H groups in total. The smallest absolute Gasteiger partial charge is 0.207 e. The molecule has 158 valence electrons. The molecule has 1 atom stereocenters. The fourth-order valence-electron chi connectivity index (χ4n) is 3.68. The molecule has 2 saturated carbocycles. The minimum Gasteiger partial charge on any atom is -0.351 e. The van der Waals surface area contributed by atoms with E-state index in [-0.39, 0.29) is 28.2 Å². The molecular weight excluding hydrogens is 400 g/mol. The summed E-state index contributed by atoms with van der Waals surface area (Å²) in [5.41, 5.74) is 0.434. The molecule has 0 aliphatic heterocycles. The van der Waals surface area contributed by atoms with Gasteiger partial charge in [-0.3, -0.25) is 14.7 Å². The maximum absolute atomic E-state index is 13.9. The van der Waals surface area contributed by atoms with Crippen molar-refractivity contribution in [1.29, 1.82) is 0 Å². The molecule has 2 fully saturated rings. The van der Waals surface area contributed by atoms with Crippen molar-refractivity contribution in [2.75, 3.05) is 0 Å². The van der Waals surface area contributed by atoms with E-state index in [0.717, 1.165) is 44.1 Å². The van der Waals surface area contributed by atoms with Gasteiger partial charge in [-0.15, -0.1) is 0 Å². The number of amides is 1. The fourth-order valence-corrected chi connectivity index (χ4v) is 3.78. The summed E-state index contributed by atoms with van der Waals surface area (Å²) in [5, 5.41) is 8.45. The molecule has 1 amide bonds. The van der Waals surface area contributed by atoms with E-state index < -0.39 is 17.7 Å². The first-order valence-corrected chi connectivity index (χ1v) is 10.1. The van der Waals surface area contributed by atoms with Crippen molar-refractivity contribution in [3.8, 4) is 0 Å². The van der Waals surface area contributed by atoms with Crippen LogP contribution in [0.3, 0.4) is 0 Å². The lowest BCUT2D eigenvalue weighted by Crippen LogP contribution is -2.36. The van der Waals surface area contributed by atoms with Crippen molar-refractivity contribution in [1.82, 2.24) is 15.5 Å². The number of halogens is 3. The Kier molecular flexibility index (Phi) is 8.76. The Bertz CT molecular complexity index is 767. The van der Waals surface area contributed by atoms with E-state index in [0.29, 0.717) is 6.41 Å². The van der Waals surface area contributed by atoms with Crippen molar-refractivity contribution in [2.45, 2.75) is 51.0 Å². The van der Waals surface area contributed by atoms with E-state index in [9.17, 15) is 18.4 Å². The highest BCUT2D eigenvalue weighted by molar-refractivity contribution is 6.31. The summed E-state index contributed by atoms with van der Waals surface area (Å²) in [6.07, 6.45) is 10.6. The monoisotopic (exact) mass is 425 g/mol. The summed E-state index contributed by atoms with van der Waals surface area (Å²) < 4.78 is 27.3. The molecule has 8 heteroatoms. The second-order valence-electron chi connectivity index (χ2n) is 7.32. The van der Waals surface area contributed by atoms with Crippen LogP contribution < -0.4 is 5.32 Å². The summed E-state index contributed by atoms with van der Waals surface area (Å²) in [5.74, 6) is -1.34. The van der Waals surface area contributed by atoms with Gasteiger partial charge in [-0.25, -0.2) is 8.78 Å². The Morgan fingerprint density at radius 2 is 1.90 bits per heavy atom. The first-order chi connectivity index (χ1) is 13.9. The second kappa shape index (κ2) is 11.0. The molecule has 0 bridgehead atoms. The molecule has 3 rings (SSSR count). The number of H-pyrrole nitrogens is 1. The Morgan fingerprint density at radius 3 is 2.31 bits per heavy atom. The molecule has 1 unspecified atom stereocenters. The lowest BCUT2D eigenvalue weighted by Gasteiger charge is -2.25. The number of nitrogens with zero attached hydrogens (tertiary/aromatic N) is 1. The third-order valence-electron chi connectivity index (χ3n) is 5.46. The lowest BCUT2D eigenvalue weighted by atomic mass is 9.80. The van der Waals surface area contributed by atoms with E-state index in [2.05, 4.69) is 28.7 Å². The third-order valence-corrected chi connectivity index (χ3v) is 5.62. The van der Waals surface area contributed by atoms with Gasteiger partial charge in [-0.1, -0.05) is 44.0 Å². The Labute approximate surface area is 174 Å². The van der Waals surface area contributed by atoms with Crippen LogP contribution in [0.5, 0.6) is 0 Å². The maximum Gasteiger partial charge on any atom is 0.207 e. The number of carbonyl (C=O) groups is 2. The van der Waals surface area contributed by atoms with Crippen molar-refractivity contribution >= 4 is 23.8 Å². The van der Waals surface area contributed by atoms with Gasteiger partial charge in [-0.2, -0.15) is 5.10 Å². The lowest BCUT2D eigenvalue weighted by molar-refractivity contribution is -0.110. The highest BCUT2D eigenvalue weighted by atomic mass is 35.5. The minimum atomic E-state index is -0.949. The predicted molar refractivity (Wildman–Crippen MR) is 109 cm³/mol. The number of Topliss-reactive ketones (excluding diaryl/α,β-unsaturated/α-hetero) is 1. The predicted octanol–water partition coefficient (Wildman–Crippen LogP) is 5.14. The third kappa shape index (κ3) is 6.10. The van der Waals surface area contributed by atoms with Crippen molar-refractivity contribution in [2.24, 2.45) is 11.8 Å². The van der Waals surface area contributed by atoms with Crippen molar-refractivity contribution in [3.63, 3.8) is 0 Å². The van der Waals surface area contributed by atoms with Gasteiger partial charge in [0.25, 0.3) is 0 Å². The molecule has 1 aromatic rings. The van der Waals surface area contributed by atoms with Crippen LogP contribution in [-0.4, -0.2) is 28.4 Å². The topological polar surface area (TPSA) is 74.8 Å². The highest BCUT2D eigenvalue weighted by Gasteiger charge is 2.32. The summed E-state index contributed by atoms with van der Waals surface area (Å²) >= 11 is 5.47. The first kappa shape index (κ1) is 23.0. The van der Waals surface area contributed by atoms with Crippen LogP contribution in [0.2, 0.25) is 0 Å². The Balaban J connectivity index is 0.000000230. The SMILES string of the molecule is C=C(Cl)/C(F)=C(\C(=C)F)C(NC=O)C1CCCC1.O=C(c1cn[nH]c1)C1CCC1. The molecule has 1 aromatic heterocycles. The van der Waals surface area contributed by atoms with Gasteiger partial charge in [0.15, 0.2) is 5.78 Å². The number of ketones is 1. The summed E-state index contributed by atoms with van der Waals surface area (Å²) in [7, 11) is 0. The molecule has 2 aliphatic rings. The van der Waals surface area contributed by atoms with Gasteiger partial charge in [0.2, 0.25) is 6.41 Å². The van der Waals surface area contributed by atoms with E-state index >= 15 is 0 Å². The molecule has 5 nitrogen and oxygen atoms in total. The standard InChI is InChI=1S/C13H16ClF2NO.C8H10N2O/c1-8(14)12(16)11(9(2)15)13(17-7-18)10-5-3-4-6-10;11-8(6-2-1-3-6)7-4-9-10-5-7/h7,10,13H,1-6H2,(H,17,18);4-6H,1-3H2,(H,9,10)/b12-11-;. The largest absolute Gasteiger partial charge is 0.351 e. The molecule has 0 spiro atoms. The summed E-state index contributed by atoms with van der Waals surface area (Å²) in [6.45, 7) is 6.35. The Morgan fingerprint density at radius 1 is 1.24 bits per heavy atom.